The van der Waals surface area contributed by atoms with Gasteiger partial charge in [-0.2, -0.15) is 0 Å². The molecule has 1 amide bonds. The van der Waals surface area contributed by atoms with E-state index in [1.165, 1.54) is 11.3 Å². The molecule has 0 spiro atoms. The number of amides is 1. The Morgan fingerprint density at radius 2 is 2.24 bits per heavy atom. The van der Waals surface area contributed by atoms with E-state index in [2.05, 4.69) is 28.7 Å². The molecule has 0 aliphatic carbocycles. The van der Waals surface area contributed by atoms with Gasteiger partial charge in [0.25, 0.3) is 5.91 Å². The lowest BCUT2D eigenvalue weighted by Gasteiger charge is -2.14. The second-order valence-corrected chi connectivity index (χ2v) is 8.49. The van der Waals surface area contributed by atoms with Crippen LogP contribution in [0.1, 0.15) is 59.5 Å². The van der Waals surface area contributed by atoms with Crippen LogP contribution in [-0.4, -0.2) is 47.3 Å². The van der Waals surface area contributed by atoms with Crippen molar-refractivity contribution in [3.8, 4) is 11.4 Å². The lowest BCUT2D eigenvalue weighted by atomic mass is 10.2. The van der Waals surface area contributed by atoms with Crippen molar-refractivity contribution in [1.82, 2.24) is 14.9 Å². The van der Waals surface area contributed by atoms with E-state index in [0.717, 1.165) is 37.4 Å². The molecule has 0 aromatic carbocycles. The number of carbonyl (C=O) groups excluding carboxylic acids is 2. The number of rotatable bonds is 8. The number of hydrogen-bond acceptors (Lipinski definition) is 6. The molecule has 0 saturated carbocycles. The summed E-state index contributed by atoms with van der Waals surface area (Å²) in [7, 11) is 0. The van der Waals surface area contributed by atoms with Crippen molar-refractivity contribution in [2.24, 2.45) is 5.92 Å². The minimum Gasteiger partial charge on any atom is -0.461 e. The highest BCUT2D eigenvalue weighted by Crippen LogP contribution is 2.28. The average molecular weight is 420 g/mol. The molecular formula is C21H29N3O4S. The number of thiazole rings is 1. The molecule has 1 aliphatic heterocycles. The van der Waals surface area contributed by atoms with Crippen molar-refractivity contribution in [1.29, 1.82) is 0 Å². The molecule has 1 fully saturated rings. The van der Waals surface area contributed by atoms with E-state index < -0.39 is 5.97 Å². The van der Waals surface area contributed by atoms with Crippen molar-refractivity contribution in [2.45, 2.75) is 53.2 Å². The van der Waals surface area contributed by atoms with Crippen molar-refractivity contribution in [3.63, 3.8) is 0 Å². The minimum atomic E-state index is -0.419. The van der Waals surface area contributed by atoms with E-state index in [1.54, 1.807) is 6.92 Å². The van der Waals surface area contributed by atoms with E-state index >= 15 is 0 Å². The molecule has 1 N–H and O–H groups in total. The Hall–Kier alpha value is -2.19. The Balaban J connectivity index is 1.86. The van der Waals surface area contributed by atoms with Crippen LogP contribution in [-0.2, 0) is 16.0 Å². The van der Waals surface area contributed by atoms with Gasteiger partial charge in [0.2, 0.25) is 5.01 Å². The largest absolute Gasteiger partial charge is 0.461 e. The minimum absolute atomic E-state index is 0.0992. The van der Waals surface area contributed by atoms with E-state index in [0.29, 0.717) is 35.3 Å². The van der Waals surface area contributed by atoms with Gasteiger partial charge in [0.1, 0.15) is 0 Å². The topological polar surface area (TPSA) is 82.4 Å². The molecule has 0 bridgehead atoms. The first kappa shape index (κ1) is 21.5. The lowest BCUT2D eigenvalue weighted by Crippen LogP contribution is -2.32. The van der Waals surface area contributed by atoms with Crippen LogP contribution in [0.2, 0.25) is 0 Å². The van der Waals surface area contributed by atoms with Crippen LogP contribution >= 0.6 is 11.3 Å². The Labute approximate surface area is 175 Å². The Bertz CT molecular complexity index is 865. The number of nitrogens with zero attached hydrogens (tertiary/aromatic N) is 2. The van der Waals surface area contributed by atoms with Gasteiger partial charge >= 0.3 is 5.97 Å². The molecular weight excluding hydrogens is 390 g/mol. The maximum absolute atomic E-state index is 12.8. The van der Waals surface area contributed by atoms with Crippen LogP contribution in [0.4, 0.5) is 0 Å². The standard InChI is InChI=1S/C21H29N3O4S/c1-5-27-21(26)20-23-17(12-29-20)18-9-16(14(4)24(18)11-13(2)3)19(25)22-10-15-7-6-8-28-15/h9,12-13,15H,5-8,10-11H2,1-4H3,(H,22,25). The number of nitrogens with one attached hydrogen (secondary N) is 1. The Kier molecular flexibility index (Phi) is 7.08. The summed E-state index contributed by atoms with van der Waals surface area (Å²) in [5.74, 6) is -0.134. The van der Waals surface area contributed by atoms with Crippen LogP contribution in [0, 0.1) is 12.8 Å². The van der Waals surface area contributed by atoms with Gasteiger partial charge in [-0.05, 0) is 38.7 Å². The van der Waals surface area contributed by atoms with Gasteiger partial charge in [0, 0.05) is 30.8 Å². The number of hydrogen-bond donors (Lipinski definition) is 1. The quantitative estimate of drug-likeness (QED) is 0.660. The molecule has 8 heteroatoms. The van der Waals surface area contributed by atoms with Gasteiger partial charge in [-0.1, -0.05) is 13.8 Å². The van der Waals surface area contributed by atoms with Crippen molar-refractivity contribution in [3.05, 3.63) is 27.7 Å². The molecule has 29 heavy (non-hydrogen) atoms. The summed E-state index contributed by atoms with van der Waals surface area (Å²) in [6.45, 7) is 10.3. The molecule has 0 radical (unpaired) electrons. The molecule has 3 rings (SSSR count). The van der Waals surface area contributed by atoms with Crippen LogP contribution in [0.15, 0.2) is 11.4 Å². The van der Waals surface area contributed by atoms with Gasteiger partial charge < -0.3 is 19.4 Å². The first-order chi connectivity index (χ1) is 13.9. The van der Waals surface area contributed by atoms with Crippen LogP contribution in [0.25, 0.3) is 11.4 Å². The number of ether oxygens (including phenoxy) is 2. The van der Waals surface area contributed by atoms with Gasteiger partial charge in [-0.3, -0.25) is 4.79 Å². The van der Waals surface area contributed by atoms with E-state index in [-0.39, 0.29) is 12.0 Å². The third-order valence-electron chi connectivity index (χ3n) is 4.89. The second-order valence-electron chi connectivity index (χ2n) is 7.64. The molecule has 2 aromatic heterocycles. The van der Waals surface area contributed by atoms with E-state index in [9.17, 15) is 9.59 Å². The Morgan fingerprint density at radius 1 is 1.45 bits per heavy atom. The molecule has 7 nitrogen and oxygen atoms in total. The summed E-state index contributed by atoms with van der Waals surface area (Å²) < 4.78 is 12.7. The Morgan fingerprint density at radius 3 is 2.90 bits per heavy atom. The van der Waals surface area contributed by atoms with Crippen LogP contribution in [0.5, 0.6) is 0 Å². The van der Waals surface area contributed by atoms with Crippen molar-refractivity contribution >= 4 is 23.2 Å². The third kappa shape index (κ3) is 5.05. The second kappa shape index (κ2) is 9.54. The van der Waals surface area contributed by atoms with Crippen LogP contribution in [0.3, 0.4) is 0 Å². The fourth-order valence-electron chi connectivity index (χ4n) is 3.47. The zero-order valence-electron chi connectivity index (χ0n) is 17.5. The lowest BCUT2D eigenvalue weighted by molar-refractivity contribution is 0.0526. The zero-order chi connectivity index (χ0) is 21.0. The monoisotopic (exact) mass is 419 g/mol. The molecule has 158 valence electrons. The van der Waals surface area contributed by atoms with E-state index in [4.69, 9.17) is 9.47 Å². The highest BCUT2D eigenvalue weighted by Gasteiger charge is 2.23. The van der Waals surface area contributed by atoms with Crippen molar-refractivity contribution < 1.29 is 19.1 Å². The first-order valence-corrected chi connectivity index (χ1v) is 11.0. The number of carbonyl (C=O) groups is 2. The summed E-state index contributed by atoms with van der Waals surface area (Å²) >= 11 is 1.25. The zero-order valence-corrected chi connectivity index (χ0v) is 18.3. The van der Waals surface area contributed by atoms with Crippen molar-refractivity contribution in [2.75, 3.05) is 19.8 Å². The van der Waals surface area contributed by atoms with Gasteiger partial charge in [0.15, 0.2) is 0 Å². The maximum atomic E-state index is 12.8. The summed E-state index contributed by atoms with van der Waals surface area (Å²) in [5.41, 5.74) is 3.04. The van der Waals surface area contributed by atoms with Gasteiger partial charge in [0.05, 0.1) is 29.7 Å². The summed E-state index contributed by atoms with van der Waals surface area (Å²) in [4.78, 5) is 29.3. The molecule has 1 aliphatic rings. The summed E-state index contributed by atoms with van der Waals surface area (Å²) in [5, 5.41) is 5.16. The number of esters is 1. The van der Waals surface area contributed by atoms with E-state index in [1.807, 2.05) is 18.4 Å². The fourth-order valence-corrected chi connectivity index (χ4v) is 4.18. The average Bonchev–Trinajstić information content (AvgIpc) is 3.41. The predicted octanol–water partition coefficient (Wildman–Crippen LogP) is 3.66. The highest BCUT2D eigenvalue weighted by atomic mass is 32.1. The third-order valence-corrected chi connectivity index (χ3v) is 5.71. The molecule has 2 aromatic rings. The summed E-state index contributed by atoms with van der Waals surface area (Å²) in [6.07, 6.45) is 2.12. The molecule has 1 atom stereocenters. The summed E-state index contributed by atoms with van der Waals surface area (Å²) in [6, 6.07) is 1.87. The smallest absolute Gasteiger partial charge is 0.367 e. The number of aromatic nitrogens is 2. The first-order valence-electron chi connectivity index (χ1n) is 10.1. The van der Waals surface area contributed by atoms with Gasteiger partial charge in [-0.25, -0.2) is 9.78 Å². The molecule has 1 unspecified atom stereocenters. The maximum Gasteiger partial charge on any atom is 0.367 e. The highest BCUT2D eigenvalue weighted by molar-refractivity contribution is 7.11. The molecule has 1 saturated heterocycles. The fraction of sp³-hybridized carbons (Fsp3) is 0.571. The molecule has 3 heterocycles. The van der Waals surface area contributed by atoms with Crippen LogP contribution < -0.4 is 5.32 Å². The predicted molar refractivity (Wildman–Crippen MR) is 112 cm³/mol. The normalized spacial score (nSPS) is 16.4. The van der Waals surface area contributed by atoms with Gasteiger partial charge in [-0.15, -0.1) is 11.3 Å². The SMILES string of the molecule is CCOC(=O)c1nc(-c2cc(C(=O)NCC3CCCO3)c(C)n2CC(C)C)cs1.